The number of H-pyrrole nitrogens is 1. The van der Waals surface area contributed by atoms with E-state index < -0.39 is 17.2 Å². The first-order chi connectivity index (χ1) is 9.47. The molecule has 4 N–H and O–H groups in total. The number of urea groups is 1. The standard InChI is InChI=1S/C13H16N4O2S/c1-7(2)10(11(18)17-12(14)19)20-13-15-8-5-3-4-6-9(8)16-13/h3-7,10H,1-2H3,(H,15,16)(H3,14,17,18,19)/t10-/m0/s1. The van der Waals surface area contributed by atoms with Crippen molar-refractivity contribution in [1.29, 1.82) is 0 Å². The smallest absolute Gasteiger partial charge is 0.318 e. The van der Waals surface area contributed by atoms with Crippen LogP contribution in [0.4, 0.5) is 4.79 Å². The van der Waals surface area contributed by atoms with Gasteiger partial charge in [-0.3, -0.25) is 10.1 Å². The molecule has 1 aromatic carbocycles. The summed E-state index contributed by atoms with van der Waals surface area (Å²) in [4.78, 5) is 30.3. The minimum atomic E-state index is -0.842. The molecule has 1 heterocycles. The number of primary amides is 1. The second kappa shape index (κ2) is 5.96. The number of hydrogen-bond donors (Lipinski definition) is 3. The van der Waals surface area contributed by atoms with Crippen LogP contribution in [0.15, 0.2) is 29.4 Å². The molecule has 0 fully saturated rings. The van der Waals surface area contributed by atoms with Crippen molar-refractivity contribution in [2.24, 2.45) is 11.7 Å². The number of carbonyl (C=O) groups is 2. The minimum Gasteiger partial charge on any atom is -0.351 e. The Hall–Kier alpha value is -2.02. The van der Waals surface area contributed by atoms with Crippen LogP contribution in [0.25, 0.3) is 11.0 Å². The number of para-hydroxylation sites is 2. The lowest BCUT2D eigenvalue weighted by molar-refractivity contribution is -0.120. The third kappa shape index (κ3) is 3.30. The van der Waals surface area contributed by atoms with Gasteiger partial charge in [0.15, 0.2) is 5.16 Å². The number of amides is 3. The van der Waals surface area contributed by atoms with Crippen LogP contribution in [-0.2, 0) is 4.79 Å². The molecule has 0 unspecified atom stereocenters. The fourth-order valence-electron chi connectivity index (χ4n) is 1.79. The molecule has 20 heavy (non-hydrogen) atoms. The van der Waals surface area contributed by atoms with E-state index in [1.807, 2.05) is 38.1 Å². The fourth-order valence-corrected chi connectivity index (χ4v) is 2.79. The summed E-state index contributed by atoms with van der Waals surface area (Å²) in [5.41, 5.74) is 6.73. The van der Waals surface area contributed by atoms with Gasteiger partial charge < -0.3 is 10.7 Å². The number of nitrogens with zero attached hydrogens (tertiary/aromatic N) is 1. The first-order valence-electron chi connectivity index (χ1n) is 6.19. The fraction of sp³-hybridized carbons (Fsp3) is 0.308. The zero-order chi connectivity index (χ0) is 14.7. The van der Waals surface area contributed by atoms with Crippen molar-refractivity contribution in [1.82, 2.24) is 15.3 Å². The van der Waals surface area contributed by atoms with Crippen molar-refractivity contribution in [3.63, 3.8) is 0 Å². The summed E-state index contributed by atoms with van der Waals surface area (Å²) in [5, 5.41) is 2.32. The van der Waals surface area contributed by atoms with E-state index in [4.69, 9.17) is 5.73 Å². The summed E-state index contributed by atoms with van der Waals surface area (Å²) in [6.07, 6.45) is 0. The molecule has 0 aliphatic rings. The van der Waals surface area contributed by atoms with Gasteiger partial charge in [-0.15, -0.1) is 0 Å². The maximum absolute atomic E-state index is 11.9. The van der Waals surface area contributed by atoms with Crippen molar-refractivity contribution in [2.45, 2.75) is 24.3 Å². The lowest BCUT2D eigenvalue weighted by Gasteiger charge is -2.17. The maximum atomic E-state index is 11.9. The lowest BCUT2D eigenvalue weighted by Crippen LogP contribution is -2.42. The Kier molecular flexibility index (Phi) is 4.29. The van der Waals surface area contributed by atoms with E-state index >= 15 is 0 Å². The van der Waals surface area contributed by atoms with Crippen LogP contribution in [0.3, 0.4) is 0 Å². The number of carbonyl (C=O) groups excluding carboxylic acids is 2. The molecule has 0 saturated carbocycles. The third-order valence-electron chi connectivity index (χ3n) is 2.72. The molecular weight excluding hydrogens is 276 g/mol. The van der Waals surface area contributed by atoms with Crippen molar-refractivity contribution in [3.8, 4) is 0 Å². The third-order valence-corrected chi connectivity index (χ3v) is 4.15. The molecule has 2 rings (SSSR count). The molecule has 3 amide bonds. The topological polar surface area (TPSA) is 101 Å². The summed E-state index contributed by atoms with van der Waals surface area (Å²) in [6.45, 7) is 3.81. The molecule has 0 aliphatic heterocycles. The Balaban J connectivity index is 2.19. The van der Waals surface area contributed by atoms with Crippen LogP contribution < -0.4 is 11.1 Å². The van der Waals surface area contributed by atoms with Gasteiger partial charge in [0.05, 0.1) is 16.3 Å². The summed E-state index contributed by atoms with van der Waals surface area (Å²) in [6, 6.07) is 6.78. The van der Waals surface area contributed by atoms with Crippen LogP contribution in [0, 0.1) is 5.92 Å². The molecule has 2 aromatic rings. The van der Waals surface area contributed by atoms with E-state index in [1.165, 1.54) is 11.8 Å². The Labute approximate surface area is 120 Å². The van der Waals surface area contributed by atoms with Gasteiger partial charge in [-0.1, -0.05) is 37.7 Å². The van der Waals surface area contributed by atoms with E-state index in [9.17, 15) is 9.59 Å². The maximum Gasteiger partial charge on any atom is 0.318 e. The Morgan fingerprint density at radius 1 is 1.35 bits per heavy atom. The number of imide groups is 1. The number of nitrogens with two attached hydrogens (primary N) is 1. The number of aromatic amines is 1. The molecule has 0 aliphatic carbocycles. The van der Waals surface area contributed by atoms with Gasteiger partial charge in [-0.25, -0.2) is 9.78 Å². The molecule has 0 radical (unpaired) electrons. The van der Waals surface area contributed by atoms with Gasteiger partial charge in [-0.2, -0.15) is 0 Å². The highest BCUT2D eigenvalue weighted by atomic mass is 32.2. The highest BCUT2D eigenvalue weighted by Gasteiger charge is 2.25. The number of thioether (sulfide) groups is 1. The van der Waals surface area contributed by atoms with Crippen molar-refractivity contribution in [2.75, 3.05) is 0 Å². The summed E-state index contributed by atoms with van der Waals surface area (Å²) in [5.74, 6) is -0.370. The number of imidazole rings is 1. The second-order valence-electron chi connectivity index (χ2n) is 4.70. The zero-order valence-electron chi connectivity index (χ0n) is 11.2. The quantitative estimate of drug-likeness (QED) is 0.749. The van der Waals surface area contributed by atoms with E-state index in [0.717, 1.165) is 11.0 Å². The van der Waals surface area contributed by atoms with E-state index in [2.05, 4.69) is 15.3 Å². The highest BCUT2D eigenvalue weighted by molar-refractivity contribution is 8.00. The number of fused-ring (bicyclic) bond motifs is 1. The number of hydrogen-bond acceptors (Lipinski definition) is 4. The van der Waals surface area contributed by atoms with Crippen LogP contribution in [0.2, 0.25) is 0 Å². The number of benzene rings is 1. The van der Waals surface area contributed by atoms with Gasteiger partial charge in [0.25, 0.3) is 0 Å². The predicted octanol–water partition coefficient (Wildman–Crippen LogP) is 1.87. The SMILES string of the molecule is CC(C)[C@H](Sc1nc2ccccc2[nH]1)C(=O)NC(N)=O. The summed E-state index contributed by atoms with van der Waals surface area (Å²) >= 11 is 1.29. The van der Waals surface area contributed by atoms with Crippen LogP contribution in [0.5, 0.6) is 0 Å². The number of aromatic nitrogens is 2. The highest BCUT2D eigenvalue weighted by Crippen LogP contribution is 2.27. The Morgan fingerprint density at radius 2 is 2.05 bits per heavy atom. The molecule has 1 aromatic heterocycles. The van der Waals surface area contributed by atoms with Crippen molar-refractivity contribution < 1.29 is 9.59 Å². The van der Waals surface area contributed by atoms with Crippen molar-refractivity contribution in [3.05, 3.63) is 24.3 Å². The average Bonchev–Trinajstić information content (AvgIpc) is 2.76. The molecule has 0 spiro atoms. The molecule has 1 atom stereocenters. The van der Waals surface area contributed by atoms with Gasteiger partial charge in [-0.05, 0) is 18.1 Å². The van der Waals surface area contributed by atoms with Gasteiger partial charge in [0.2, 0.25) is 5.91 Å². The van der Waals surface area contributed by atoms with Gasteiger partial charge in [0.1, 0.15) is 0 Å². The molecule has 0 saturated heterocycles. The van der Waals surface area contributed by atoms with Crippen LogP contribution >= 0.6 is 11.8 Å². The van der Waals surface area contributed by atoms with Gasteiger partial charge in [0, 0.05) is 0 Å². The monoisotopic (exact) mass is 292 g/mol. The first kappa shape index (κ1) is 14.4. The van der Waals surface area contributed by atoms with Crippen LogP contribution in [-0.4, -0.2) is 27.2 Å². The average molecular weight is 292 g/mol. The largest absolute Gasteiger partial charge is 0.351 e. The minimum absolute atomic E-state index is 0.0348. The predicted molar refractivity (Wildman–Crippen MR) is 78.3 cm³/mol. The normalized spacial score (nSPS) is 12.6. The summed E-state index contributed by atoms with van der Waals surface area (Å²) in [7, 11) is 0. The molecule has 6 nitrogen and oxygen atoms in total. The van der Waals surface area contributed by atoms with E-state index in [-0.39, 0.29) is 5.92 Å². The Bertz CT molecular complexity index is 605. The summed E-state index contributed by atoms with van der Waals surface area (Å²) < 4.78 is 0. The number of rotatable bonds is 4. The van der Waals surface area contributed by atoms with Gasteiger partial charge >= 0.3 is 6.03 Å². The van der Waals surface area contributed by atoms with Crippen LogP contribution in [0.1, 0.15) is 13.8 Å². The molecule has 7 heteroatoms. The van der Waals surface area contributed by atoms with Crippen molar-refractivity contribution >= 4 is 34.7 Å². The van der Waals surface area contributed by atoms with E-state index in [1.54, 1.807) is 0 Å². The Morgan fingerprint density at radius 3 is 2.65 bits per heavy atom. The molecule has 106 valence electrons. The van der Waals surface area contributed by atoms with E-state index in [0.29, 0.717) is 5.16 Å². The molecular formula is C13H16N4O2S. The second-order valence-corrected chi connectivity index (χ2v) is 5.83. The molecule has 0 bridgehead atoms. The first-order valence-corrected chi connectivity index (χ1v) is 7.07. The lowest BCUT2D eigenvalue weighted by atomic mass is 10.1. The zero-order valence-corrected chi connectivity index (χ0v) is 12.0. The number of nitrogens with one attached hydrogen (secondary N) is 2.